The maximum Gasteiger partial charge on any atom is 0.336 e. The lowest BCUT2D eigenvalue weighted by molar-refractivity contribution is -0.136. The molecular weight excluding hydrogens is 358 g/mol. The van der Waals surface area contributed by atoms with Gasteiger partial charge in [0.1, 0.15) is 0 Å². The lowest BCUT2D eigenvalue weighted by Gasteiger charge is -2.39. The minimum atomic E-state index is -0.507. The van der Waals surface area contributed by atoms with E-state index in [0.29, 0.717) is 34.8 Å². The zero-order chi connectivity index (χ0) is 20.6. The van der Waals surface area contributed by atoms with Gasteiger partial charge in [-0.15, -0.1) is 0 Å². The van der Waals surface area contributed by atoms with Crippen molar-refractivity contribution in [3.63, 3.8) is 0 Å². The van der Waals surface area contributed by atoms with Crippen molar-refractivity contribution in [2.45, 2.75) is 39.5 Å². The molecule has 1 aromatic rings. The summed E-state index contributed by atoms with van der Waals surface area (Å²) in [5, 5.41) is 3.30. The van der Waals surface area contributed by atoms with Crippen molar-refractivity contribution in [3.05, 3.63) is 46.3 Å². The number of ketones is 1. The Morgan fingerprint density at radius 2 is 1.79 bits per heavy atom. The highest BCUT2D eigenvalue weighted by molar-refractivity contribution is 6.04. The third-order valence-corrected chi connectivity index (χ3v) is 5.39. The summed E-state index contributed by atoms with van der Waals surface area (Å²) in [5.74, 6) is 0.227. The lowest BCUT2D eigenvalue weighted by Crippen LogP contribution is -2.38. The number of allylic oxidation sites excluding steroid dienone is 3. The molecule has 0 bridgehead atoms. The van der Waals surface area contributed by atoms with Crippen LogP contribution in [0, 0.1) is 5.41 Å². The Balaban J connectivity index is 2.22. The Morgan fingerprint density at radius 3 is 2.39 bits per heavy atom. The second kappa shape index (κ2) is 7.34. The smallest absolute Gasteiger partial charge is 0.336 e. The quantitative estimate of drug-likeness (QED) is 0.800. The van der Waals surface area contributed by atoms with Crippen molar-refractivity contribution < 1.29 is 23.8 Å². The van der Waals surface area contributed by atoms with Gasteiger partial charge in [0.15, 0.2) is 17.3 Å². The van der Waals surface area contributed by atoms with E-state index in [-0.39, 0.29) is 11.2 Å². The summed E-state index contributed by atoms with van der Waals surface area (Å²) in [6, 6.07) is 5.48. The summed E-state index contributed by atoms with van der Waals surface area (Å²) in [4.78, 5) is 25.8. The molecule has 0 saturated carbocycles. The van der Waals surface area contributed by atoms with Gasteiger partial charge in [-0.2, -0.15) is 0 Å². The van der Waals surface area contributed by atoms with E-state index in [1.54, 1.807) is 20.3 Å². The molecule has 0 amide bonds. The van der Waals surface area contributed by atoms with Crippen LogP contribution < -0.4 is 14.8 Å². The lowest BCUT2D eigenvalue weighted by atomic mass is 9.68. The summed E-state index contributed by atoms with van der Waals surface area (Å²) in [7, 11) is 4.48. The van der Waals surface area contributed by atoms with E-state index < -0.39 is 11.9 Å². The molecule has 0 spiro atoms. The van der Waals surface area contributed by atoms with Crippen molar-refractivity contribution in [2.75, 3.05) is 21.3 Å². The van der Waals surface area contributed by atoms with Crippen molar-refractivity contribution in [3.8, 4) is 11.5 Å². The van der Waals surface area contributed by atoms with E-state index in [2.05, 4.69) is 19.2 Å². The van der Waals surface area contributed by atoms with Crippen molar-refractivity contribution in [2.24, 2.45) is 5.41 Å². The Labute approximate surface area is 165 Å². The molecule has 1 aliphatic heterocycles. The summed E-state index contributed by atoms with van der Waals surface area (Å²) in [6.45, 7) is 6.00. The number of carbonyl (C=O) groups is 2. The Kier molecular flexibility index (Phi) is 5.24. The molecule has 6 heteroatoms. The number of Topliss-reactive ketones (excluding diaryl/α,β-unsaturated/α-hetero) is 1. The number of dihydropyridines is 1. The average molecular weight is 385 g/mol. The van der Waals surface area contributed by atoms with Crippen LogP contribution in [-0.2, 0) is 14.3 Å². The highest BCUT2D eigenvalue weighted by Gasteiger charge is 2.43. The number of methoxy groups -OCH3 is 3. The van der Waals surface area contributed by atoms with Gasteiger partial charge in [0.25, 0.3) is 0 Å². The number of carbonyl (C=O) groups excluding carboxylic acids is 2. The number of hydrogen-bond donors (Lipinski definition) is 1. The number of nitrogens with one attached hydrogen (secondary N) is 1. The molecule has 0 fully saturated rings. The molecule has 0 unspecified atom stereocenters. The Hall–Kier alpha value is -2.76. The fourth-order valence-electron chi connectivity index (χ4n) is 4.18. The van der Waals surface area contributed by atoms with Crippen LogP contribution in [0.4, 0.5) is 0 Å². The molecule has 28 heavy (non-hydrogen) atoms. The molecule has 1 N–H and O–H groups in total. The topological polar surface area (TPSA) is 73.9 Å². The molecule has 0 saturated heterocycles. The molecule has 3 rings (SSSR count). The third-order valence-electron chi connectivity index (χ3n) is 5.39. The maximum absolute atomic E-state index is 13.1. The van der Waals surface area contributed by atoms with E-state index >= 15 is 0 Å². The van der Waals surface area contributed by atoms with E-state index in [1.807, 2.05) is 19.1 Å². The largest absolute Gasteiger partial charge is 0.493 e. The Morgan fingerprint density at radius 1 is 1.11 bits per heavy atom. The minimum absolute atomic E-state index is 0.0486. The number of esters is 1. The van der Waals surface area contributed by atoms with Crippen molar-refractivity contribution in [1.29, 1.82) is 0 Å². The van der Waals surface area contributed by atoms with Gasteiger partial charge in [-0.25, -0.2) is 4.79 Å². The Bertz CT molecular complexity index is 894. The fourth-order valence-corrected chi connectivity index (χ4v) is 4.18. The number of benzene rings is 1. The van der Waals surface area contributed by atoms with Crippen LogP contribution in [0.2, 0.25) is 0 Å². The van der Waals surface area contributed by atoms with Gasteiger partial charge in [0, 0.05) is 29.3 Å². The first-order valence-corrected chi connectivity index (χ1v) is 9.26. The van der Waals surface area contributed by atoms with Gasteiger partial charge in [-0.1, -0.05) is 19.9 Å². The minimum Gasteiger partial charge on any atom is -0.493 e. The van der Waals surface area contributed by atoms with Gasteiger partial charge >= 0.3 is 5.97 Å². The van der Waals surface area contributed by atoms with Crippen LogP contribution in [0.5, 0.6) is 11.5 Å². The monoisotopic (exact) mass is 385 g/mol. The third kappa shape index (κ3) is 3.39. The fraction of sp³-hybridized carbons (Fsp3) is 0.455. The van der Waals surface area contributed by atoms with Gasteiger partial charge in [0.05, 0.1) is 26.9 Å². The van der Waals surface area contributed by atoms with Crippen LogP contribution >= 0.6 is 0 Å². The first-order chi connectivity index (χ1) is 13.2. The van der Waals surface area contributed by atoms with Gasteiger partial charge < -0.3 is 19.5 Å². The highest BCUT2D eigenvalue weighted by Crippen LogP contribution is 2.47. The molecule has 1 heterocycles. The van der Waals surface area contributed by atoms with E-state index in [1.165, 1.54) is 7.11 Å². The first kappa shape index (κ1) is 20.0. The molecule has 2 aliphatic rings. The summed E-state index contributed by atoms with van der Waals surface area (Å²) in [6.07, 6.45) is 1.18. The number of hydrogen-bond acceptors (Lipinski definition) is 6. The van der Waals surface area contributed by atoms with Gasteiger partial charge in [0.2, 0.25) is 0 Å². The van der Waals surface area contributed by atoms with Crippen LogP contribution in [-0.4, -0.2) is 33.1 Å². The molecule has 1 atom stereocenters. The van der Waals surface area contributed by atoms with Crippen LogP contribution in [0.25, 0.3) is 0 Å². The standard InChI is InChI=1S/C22H27NO5/c1-12-18(21(25)28-6)19(13-7-8-16(26-4)17(9-13)27-5)20-14(23-12)10-22(2,3)11-15(20)24/h7-9,19,23H,10-11H2,1-6H3/t19-/m0/s1. The highest BCUT2D eigenvalue weighted by atomic mass is 16.5. The predicted octanol–water partition coefficient (Wildman–Crippen LogP) is 3.48. The second-order valence-electron chi connectivity index (χ2n) is 8.04. The first-order valence-electron chi connectivity index (χ1n) is 9.26. The zero-order valence-corrected chi connectivity index (χ0v) is 17.3. The van der Waals surface area contributed by atoms with Crippen molar-refractivity contribution >= 4 is 11.8 Å². The normalized spacial score (nSPS) is 21.1. The van der Waals surface area contributed by atoms with Crippen LogP contribution in [0.1, 0.15) is 45.1 Å². The molecule has 150 valence electrons. The van der Waals surface area contributed by atoms with Crippen LogP contribution in [0.3, 0.4) is 0 Å². The SMILES string of the molecule is COC(=O)C1=C(C)NC2=C(C(=O)CC(C)(C)C2)[C@H]1c1ccc(OC)c(OC)c1. The molecule has 1 aliphatic carbocycles. The number of rotatable bonds is 4. The van der Waals surface area contributed by atoms with E-state index in [0.717, 1.165) is 17.7 Å². The summed E-state index contributed by atoms with van der Waals surface area (Å²) >= 11 is 0. The van der Waals surface area contributed by atoms with Gasteiger partial charge in [-0.05, 0) is 36.5 Å². The predicted molar refractivity (Wildman–Crippen MR) is 105 cm³/mol. The molecular formula is C22H27NO5. The van der Waals surface area contributed by atoms with E-state index in [9.17, 15) is 9.59 Å². The van der Waals surface area contributed by atoms with E-state index in [4.69, 9.17) is 14.2 Å². The average Bonchev–Trinajstić information content (AvgIpc) is 2.64. The molecule has 0 aromatic heterocycles. The molecule has 1 aromatic carbocycles. The summed E-state index contributed by atoms with van der Waals surface area (Å²) < 4.78 is 15.8. The molecule has 6 nitrogen and oxygen atoms in total. The molecule has 0 radical (unpaired) electrons. The van der Waals surface area contributed by atoms with Crippen molar-refractivity contribution in [1.82, 2.24) is 5.32 Å². The second-order valence-corrected chi connectivity index (χ2v) is 8.04. The van der Waals surface area contributed by atoms with Gasteiger partial charge in [-0.3, -0.25) is 4.79 Å². The zero-order valence-electron chi connectivity index (χ0n) is 17.3. The summed E-state index contributed by atoms with van der Waals surface area (Å²) in [5.41, 5.74) is 3.33. The number of ether oxygens (including phenoxy) is 3. The van der Waals surface area contributed by atoms with Crippen LogP contribution in [0.15, 0.2) is 40.7 Å². The maximum atomic E-state index is 13.1.